The van der Waals surface area contributed by atoms with Crippen LogP contribution in [0.25, 0.3) is 0 Å². The van der Waals surface area contributed by atoms with Gasteiger partial charge in [0.15, 0.2) is 0 Å². The van der Waals surface area contributed by atoms with Crippen molar-refractivity contribution in [3.05, 3.63) is 34.9 Å². The molecule has 1 saturated carbocycles. The van der Waals surface area contributed by atoms with E-state index in [2.05, 4.69) is 22.8 Å². The van der Waals surface area contributed by atoms with E-state index in [1.165, 1.54) is 18.7 Å². The number of fused-ring (bicyclic) bond motifs is 1. The molecule has 2 nitrogen and oxygen atoms in total. The summed E-state index contributed by atoms with van der Waals surface area (Å²) >= 11 is 5.84. The van der Waals surface area contributed by atoms with Crippen LogP contribution in [0.5, 0.6) is 0 Å². The van der Waals surface area contributed by atoms with Gasteiger partial charge < -0.3 is 10.6 Å². The number of rotatable bonds is 3. The Kier molecular flexibility index (Phi) is 2.43. The lowest BCUT2D eigenvalue weighted by Gasteiger charge is -2.07. The molecule has 1 aliphatic heterocycles. The highest BCUT2D eigenvalue weighted by atomic mass is 35.5. The van der Waals surface area contributed by atoms with Crippen LogP contribution in [0.15, 0.2) is 24.3 Å². The van der Waals surface area contributed by atoms with Crippen LogP contribution in [0.2, 0.25) is 5.02 Å². The minimum atomic E-state index is 0.752. The summed E-state index contributed by atoms with van der Waals surface area (Å²) in [5.74, 6) is 1.77. The number of hydrogen-bond acceptors (Lipinski definition) is 2. The van der Waals surface area contributed by atoms with Gasteiger partial charge >= 0.3 is 0 Å². The van der Waals surface area contributed by atoms with Gasteiger partial charge in [-0.05, 0) is 42.6 Å². The molecule has 2 fully saturated rings. The molecule has 0 radical (unpaired) electrons. The minimum Gasteiger partial charge on any atom is -0.316 e. The van der Waals surface area contributed by atoms with Crippen molar-refractivity contribution in [2.75, 3.05) is 13.1 Å². The topological polar surface area (TPSA) is 24.1 Å². The molecule has 2 N–H and O–H groups in total. The van der Waals surface area contributed by atoms with E-state index in [9.17, 15) is 0 Å². The van der Waals surface area contributed by atoms with E-state index in [1.54, 1.807) is 0 Å². The van der Waals surface area contributed by atoms with E-state index in [1.807, 2.05) is 12.1 Å². The zero-order chi connectivity index (χ0) is 10.3. The first kappa shape index (κ1) is 9.64. The molecular weight excluding hydrogens is 208 g/mol. The number of piperidine rings is 1. The van der Waals surface area contributed by atoms with Crippen LogP contribution < -0.4 is 10.6 Å². The van der Waals surface area contributed by atoms with Crippen LogP contribution >= 0.6 is 11.6 Å². The third-order valence-electron chi connectivity index (χ3n) is 3.55. The first-order valence-electron chi connectivity index (χ1n) is 5.53. The summed E-state index contributed by atoms with van der Waals surface area (Å²) in [6.45, 7) is 3.36. The molecule has 15 heavy (non-hydrogen) atoms. The second-order valence-electron chi connectivity index (χ2n) is 4.52. The monoisotopic (exact) mass is 222 g/mol. The standard InChI is InChI=1S/C12H15ClN2/c13-9-3-1-8(2-4-9)5-15-12-10-6-14-7-11(10)12/h1-4,10-12,14-15H,5-7H2/t10-,11+,12?. The first-order chi connectivity index (χ1) is 7.34. The van der Waals surface area contributed by atoms with Crippen LogP contribution in [0.1, 0.15) is 5.56 Å². The van der Waals surface area contributed by atoms with Gasteiger partial charge in [-0.3, -0.25) is 0 Å². The Morgan fingerprint density at radius 3 is 2.53 bits per heavy atom. The van der Waals surface area contributed by atoms with Crippen molar-refractivity contribution in [2.45, 2.75) is 12.6 Å². The molecule has 1 aromatic carbocycles. The van der Waals surface area contributed by atoms with E-state index in [0.717, 1.165) is 29.4 Å². The predicted molar refractivity (Wildman–Crippen MR) is 61.9 cm³/mol. The fourth-order valence-corrected chi connectivity index (χ4v) is 2.69. The summed E-state index contributed by atoms with van der Waals surface area (Å²) in [7, 11) is 0. The predicted octanol–water partition coefficient (Wildman–Crippen LogP) is 1.65. The first-order valence-corrected chi connectivity index (χ1v) is 5.91. The van der Waals surface area contributed by atoms with Gasteiger partial charge in [0, 0.05) is 17.6 Å². The Bertz CT molecular complexity index is 339. The van der Waals surface area contributed by atoms with Crippen LogP contribution in [0, 0.1) is 11.8 Å². The maximum atomic E-state index is 5.84. The molecule has 0 aromatic heterocycles. The molecule has 3 atom stereocenters. The highest BCUT2D eigenvalue weighted by Crippen LogP contribution is 2.41. The minimum absolute atomic E-state index is 0.752. The Morgan fingerprint density at radius 2 is 1.87 bits per heavy atom. The molecule has 3 rings (SSSR count). The van der Waals surface area contributed by atoms with Gasteiger partial charge in [-0.1, -0.05) is 23.7 Å². The van der Waals surface area contributed by atoms with Crippen LogP contribution in [0.4, 0.5) is 0 Å². The highest BCUT2D eigenvalue weighted by Gasteiger charge is 2.52. The molecule has 1 unspecified atom stereocenters. The normalized spacial score (nSPS) is 32.7. The summed E-state index contributed by atoms with van der Waals surface area (Å²) in [6, 6.07) is 8.83. The van der Waals surface area contributed by atoms with Crippen LogP contribution in [-0.2, 0) is 6.54 Å². The zero-order valence-corrected chi connectivity index (χ0v) is 9.30. The van der Waals surface area contributed by atoms with Crippen molar-refractivity contribution >= 4 is 11.6 Å². The van der Waals surface area contributed by atoms with Crippen molar-refractivity contribution in [3.8, 4) is 0 Å². The quantitative estimate of drug-likeness (QED) is 0.813. The van der Waals surface area contributed by atoms with E-state index in [0.29, 0.717) is 0 Å². The summed E-state index contributed by atoms with van der Waals surface area (Å²) in [5, 5.41) is 7.82. The average Bonchev–Trinajstić information content (AvgIpc) is 2.71. The summed E-state index contributed by atoms with van der Waals surface area (Å²) in [4.78, 5) is 0. The molecule has 0 bridgehead atoms. The lowest BCUT2D eigenvalue weighted by molar-refractivity contribution is 0.566. The molecule has 1 heterocycles. The third-order valence-corrected chi connectivity index (χ3v) is 3.80. The Balaban J connectivity index is 1.52. The second-order valence-corrected chi connectivity index (χ2v) is 4.96. The fourth-order valence-electron chi connectivity index (χ4n) is 2.56. The third kappa shape index (κ3) is 1.89. The number of benzene rings is 1. The van der Waals surface area contributed by atoms with E-state index in [4.69, 9.17) is 11.6 Å². The molecule has 0 spiro atoms. The second kappa shape index (κ2) is 3.78. The van der Waals surface area contributed by atoms with Crippen molar-refractivity contribution in [1.29, 1.82) is 0 Å². The average molecular weight is 223 g/mol. The van der Waals surface area contributed by atoms with Crippen molar-refractivity contribution in [3.63, 3.8) is 0 Å². The summed E-state index contributed by atoms with van der Waals surface area (Å²) < 4.78 is 0. The maximum Gasteiger partial charge on any atom is 0.0406 e. The Morgan fingerprint density at radius 1 is 1.20 bits per heavy atom. The Hall–Kier alpha value is -0.570. The lowest BCUT2D eigenvalue weighted by atomic mass is 10.2. The van der Waals surface area contributed by atoms with Gasteiger partial charge in [-0.15, -0.1) is 0 Å². The largest absolute Gasteiger partial charge is 0.316 e. The molecule has 1 aliphatic carbocycles. The van der Waals surface area contributed by atoms with E-state index >= 15 is 0 Å². The molecular formula is C12H15ClN2. The Labute approximate surface area is 95.0 Å². The number of hydrogen-bond donors (Lipinski definition) is 2. The fraction of sp³-hybridized carbons (Fsp3) is 0.500. The molecule has 80 valence electrons. The molecule has 0 amide bonds. The molecule has 3 heteroatoms. The smallest absolute Gasteiger partial charge is 0.0406 e. The number of nitrogens with one attached hydrogen (secondary N) is 2. The lowest BCUT2D eigenvalue weighted by Crippen LogP contribution is -2.27. The van der Waals surface area contributed by atoms with Crippen molar-refractivity contribution in [2.24, 2.45) is 11.8 Å². The van der Waals surface area contributed by atoms with Crippen LogP contribution in [-0.4, -0.2) is 19.1 Å². The van der Waals surface area contributed by atoms with Gasteiger partial charge in [-0.2, -0.15) is 0 Å². The number of halogens is 1. The van der Waals surface area contributed by atoms with E-state index < -0.39 is 0 Å². The SMILES string of the molecule is Clc1ccc(CNC2[C@H]3CNC[C@@H]23)cc1. The molecule has 1 saturated heterocycles. The zero-order valence-electron chi connectivity index (χ0n) is 8.54. The summed E-state index contributed by atoms with van der Waals surface area (Å²) in [5.41, 5.74) is 1.32. The van der Waals surface area contributed by atoms with Crippen LogP contribution in [0.3, 0.4) is 0 Å². The van der Waals surface area contributed by atoms with Crippen molar-refractivity contribution < 1.29 is 0 Å². The van der Waals surface area contributed by atoms with Crippen molar-refractivity contribution in [1.82, 2.24) is 10.6 Å². The summed E-state index contributed by atoms with van der Waals surface area (Å²) in [6.07, 6.45) is 0. The molecule has 2 aliphatic rings. The maximum absolute atomic E-state index is 5.84. The van der Waals surface area contributed by atoms with Gasteiger partial charge in [0.25, 0.3) is 0 Å². The van der Waals surface area contributed by atoms with Gasteiger partial charge in [0.05, 0.1) is 0 Å². The molecule has 1 aromatic rings. The highest BCUT2D eigenvalue weighted by molar-refractivity contribution is 6.30. The van der Waals surface area contributed by atoms with Gasteiger partial charge in [-0.25, -0.2) is 0 Å². The van der Waals surface area contributed by atoms with Gasteiger partial charge in [0.1, 0.15) is 0 Å². The van der Waals surface area contributed by atoms with E-state index in [-0.39, 0.29) is 0 Å². The van der Waals surface area contributed by atoms with Gasteiger partial charge in [0.2, 0.25) is 0 Å².